The molecule has 0 fully saturated rings. The second-order valence-electron chi connectivity index (χ2n) is 7.28. The number of nitrogens with zero attached hydrogens (tertiary/aromatic N) is 1. The maximum atomic E-state index is 13.5. The van der Waals surface area contributed by atoms with Crippen LogP contribution in [0.15, 0.2) is 72.3 Å². The van der Waals surface area contributed by atoms with E-state index in [9.17, 15) is 22.8 Å². The van der Waals surface area contributed by atoms with Crippen LogP contribution in [0.25, 0.3) is 23.4 Å². The molecular weight excluding hydrogens is 403 g/mol. The maximum absolute atomic E-state index is 13.5. The second kappa shape index (κ2) is 7.87. The van der Waals surface area contributed by atoms with Gasteiger partial charge in [0.2, 0.25) is 5.78 Å². The number of hydrogen-bond acceptors (Lipinski definition) is 2. The fraction of sp³-hybridized carbons (Fsp3) is 0.120. The van der Waals surface area contributed by atoms with Crippen molar-refractivity contribution in [1.82, 2.24) is 4.57 Å². The summed E-state index contributed by atoms with van der Waals surface area (Å²) in [6, 6.07) is 16.8. The zero-order chi connectivity index (χ0) is 22.2. The number of carbonyl (C=O) groups excluding carboxylic acids is 2. The van der Waals surface area contributed by atoms with Gasteiger partial charge >= 0.3 is 6.18 Å². The van der Waals surface area contributed by atoms with Gasteiger partial charge in [-0.25, -0.2) is 0 Å². The first-order valence-corrected chi connectivity index (χ1v) is 9.66. The predicted octanol–water partition coefficient (Wildman–Crippen LogP) is 6.41. The average molecular weight is 421 g/mol. The highest BCUT2D eigenvalue weighted by Gasteiger charge is 2.34. The quantitative estimate of drug-likeness (QED) is 0.457. The summed E-state index contributed by atoms with van der Waals surface area (Å²) in [5.74, 6) is -0.397. The van der Waals surface area contributed by atoms with E-state index in [1.54, 1.807) is 60.7 Å². The molecule has 0 N–H and O–H groups in total. The molecule has 2 aromatic carbocycles. The molecule has 3 aromatic rings. The van der Waals surface area contributed by atoms with Crippen LogP contribution in [0.3, 0.4) is 0 Å². The Hall–Kier alpha value is -3.67. The topological polar surface area (TPSA) is 39.1 Å². The number of carbonyl (C=O) groups is 2. The summed E-state index contributed by atoms with van der Waals surface area (Å²) < 4.78 is 42.0. The van der Waals surface area contributed by atoms with E-state index in [4.69, 9.17) is 0 Å². The Bertz CT molecular complexity index is 1210. The van der Waals surface area contributed by atoms with E-state index < -0.39 is 11.7 Å². The first-order chi connectivity index (χ1) is 14.8. The van der Waals surface area contributed by atoms with Crippen molar-refractivity contribution in [2.45, 2.75) is 19.5 Å². The lowest BCUT2D eigenvalue weighted by molar-refractivity contribution is -0.0919. The lowest BCUT2D eigenvalue weighted by atomic mass is 10.0. The molecule has 0 spiro atoms. The maximum Gasteiger partial charge on any atom is 0.413 e. The van der Waals surface area contributed by atoms with Crippen LogP contribution in [0.4, 0.5) is 13.2 Å². The first kappa shape index (κ1) is 20.6. The average Bonchev–Trinajstić information content (AvgIpc) is 2.95. The molecule has 0 radical (unpaired) electrons. The molecule has 156 valence electrons. The second-order valence-corrected chi connectivity index (χ2v) is 7.28. The highest BCUT2D eigenvalue weighted by Crippen LogP contribution is 2.37. The number of rotatable bonds is 4. The van der Waals surface area contributed by atoms with Gasteiger partial charge in [0.25, 0.3) is 0 Å². The van der Waals surface area contributed by atoms with Gasteiger partial charge in [-0.05, 0) is 31.1 Å². The van der Waals surface area contributed by atoms with Crippen molar-refractivity contribution < 1.29 is 22.8 Å². The van der Waals surface area contributed by atoms with Gasteiger partial charge in [0.15, 0.2) is 5.78 Å². The molecule has 0 aliphatic carbocycles. The van der Waals surface area contributed by atoms with E-state index in [0.29, 0.717) is 22.3 Å². The number of alkyl halides is 3. The van der Waals surface area contributed by atoms with Crippen LogP contribution in [0.5, 0.6) is 0 Å². The molecule has 0 saturated carbocycles. The Balaban J connectivity index is 1.93. The smallest absolute Gasteiger partial charge is 0.313 e. The van der Waals surface area contributed by atoms with Gasteiger partial charge in [-0.15, -0.1) is 0 Å². The number of hydrogen-bond donors (Lipinski definition) is 0. The molecule has 3 nitrogen and oxygen atoms in total. The molecule has 0 atom stereocenters. The van der Waals surface area contributed by atoms with E-state index in [2.05, 4.69) is 0 Å². The molecule has 1 aliphatic heterocycles. The summed E-state index contributed by atoms with van der Waals surface area (Å²) in [4.78, 5) is 24.7. The number of ketones is 2. The molecule has 0 unspecified atom stereocenters. The zero-order valence-corrected chi connectivity index (χ0v) is 16.6. The Labute approximate surface area is 177 Å². The van der Waals surface area contributed by atoms with E-state index in [1.165, 1.54) is 23.8 Å². The molecular formula is C25H18F3NO2. The van der Waals surface area contributed by atoms with E-state index in [0.717, 1.165) is 6.08 Å². The Morgan fingerprint density at radius 1 is 0.935 bits per heavy atom. The van der Waals surface area contributed by atoms with Crippen LogP contribution < -0.4 is 0 Å². The molecule has 0 amide bonds. The van der Waals surface area contributed by atoms with Crippen LogP contribution in [-0.4, -0.2) is 22.3 Å². The minimum atomic E-state index is -4.48. The van der Waals surface area contributed by atoms with Crippen molar-refractivity contribution in [2.75, 3.05) is 0 Å². The SMILES string of the molecule is CC(=O)c1ccc(-c2cc(C(=O)c3ccccc3)n3c2C=C(C(F)(F)F)CC=C3)cc1. The van der Waals surface area contributed by atoms with Crippen LogP contribution >= 0.6 is 0 Å². The summed E-state index contributed by atoms with van der Waals surface area (Å²) in [5, 5.41) is 0. The molecule has 0 bridgehead atoms. The van der Waals surface area contributed by atoms with Crippen LogP contribution in [0.2, 0.25) is 0 Å². The molecule has 0 saturated heterocycles. The van der Waals surface area contributed by atoms with Gasteiger partial charge in [-0.2, -0.15) is 13.2 Å². The van der Waals surface area contributed by atoms with Crippen LogP contribution in [-0.2, 0) is 0 Å². The van der Waals surface area contributed by atoms with Gasteiger partial charge in [0, 0.05) is 28.5 Å². The van der Waals surface area contributed by atoms with Crippen molar-refractivity contribution in [3.8, 4) is 11.1 Å². The third-order valence-corrected chi connectivity index (χ3v) is 5.21. The lowest BCUT2D eigenvalue weighted by Gasteiger charge is -2.10. The van der Waals surface area contributed by atoms with E-state index in [-0.39, 0.29) is 29.4 Å². The van der Waals surface area contributed by atoms with Crippen LogP contribution in [0.1, 0.15) is 45.4 Å². The van der Waals surface area contributed by atoms with Crippen molar-refractivity contribution in [1.29, 1.82) is 0 Å². The molecule has 1 aliphatic rings. The first-order valence-electron chi connectivity index (χ1n) is 9.66. The molecule has 2 heterocycles. The summed E-state index contributed by atoms with van der Waals surface area (Å²) in [7, 11) is 0. The summed E-state index contributed by atoms with van der Waals surface area (Å²) in [6.45, 7) is 1.44. The zero-order valence-electron chi connectivity index (χ0n) is 16.6. The van der Waals surface area contributed by atoms with Gasteiger partial charge in [-0.3, -0.25) is 9.59 Å². The van der Waals surface area contributed by atoms with Gasteiger partial charge in [0.05, 0.1) is 11.4 Å². The third kappa shape index (κ3) is 4.01. The minimum absolute atomic E-state index is 0.107. The number of fused-ring (bicyclic) bond motifs is 1. The van der Waals surface area contributed by atoms with Crippen molar-refractivity contribution in [2.24, 2.45) is 0 Å². The standard InChI is InChI=1S/C25H18F3NO2/c1-16(30)17-9-11-18(12-10-17)21-15-23(24(31)19-6-3-2-4-7-19)29-13-5-8-20(14-22(21)29)25(26,27)28/h2-7,9-15H,8H2,1H3. The summed E-state index contributed by atoms with van der Waals surface area (Å²) >= 11 is 0. The summed E-state index contributed by atoms with van der Waals surface area (Å²) in [5.41, 5.74) is 1.90. The molecule has 6 heteroatoms. The van der Waals surface area contributed by atoms with Gasteiger partial charge in [0.1, 0.15) is 0 Å². The Kier molecular flexibility index (Phi) is 5.23. The number of Topliss-reactive ketones (excluding diaryl/α,β-unsaturated/α-hetero) is 1. The fourth-order valence-electron chi connectivity index (χ4n) is 3.58. The number of benzene rings is 2. The Morgan fingerprint density at radius 2 is 1.61 bits per heavy atom. The summed E-state index contributed by atoms with van der Waals surface area (Å²) in [6.07, 6.45) is -0.763. The normalized spacial score (nSPS) is 13.4. The predicted molar refractivity (Wildman–Crippen MR) is 114 cm³/mol. The molecule has 31 heavy (non-hydrogen) atoms. The molecule has 4 rings (SSSR count). The largest absolute Gasteiger partial charge is 0.413 e. The number of aromatic nitrogens is 1. The third-order valence-electron chi connectivity index (χ3n) is 5.21. The highest BCUT2D eigenvalue weighted by atomic mass is 19.4. The minimum Gasteiger partial charge on any atom is -0.313 e. The van der Waals surface area contributed by atoms with Gasteiger partial charge in [-0.1, -0.05) is 60.7 Å². The monoisotopic (exact) mass is 421 g/mol. The van der Waals surface area contributed by atoms with Crippen molar-refractivity contribution in [3.05, 3.63) is 94.8 Å². The van der Waals surface area contributed by atoms with E-state index in [1.807, 2.05) is 0 Å². The van der Waals surface area contributed by atoms with E-state index >= 15 is 0 Å². The Morgan fingerprint density at radius 3 is 2.23 bits per heavy atom. The van der Waals surface area contributed by atoms with Gasteiger partial charge < -0.3 is 4.57 Å². The van der Waals surface area contributed by atoms with Crippen molar-refractivity contribution >= 4 is 23.8 Å². The number of halogens is 3. The fourth-order valence-corrected chi connectivity index (χ4v) is 3.58. The lowest BCUT2D eigenvalue weighted by Crippen LogP contribution is -2.11. The van der Waals surface area contributed by atoms with Crippen molar-refractivity contribution in [3.63, 3.8) is 0 Å². The number of allylic oxidation sites excluding steroid dienone is 2. The molecule has 1 aromatic heterocycles. The van der Waals surface area contributed by atoms with Crippen LogP contribution in [0, 0.1) is 0 Å². The highest BCUT2D eigenvalue weighted by molar-refractivity contribution is 6.10.